The number of ether oxygens (including phenoxy) is 3. The van der Waals surface area contributed by atoms with Gasteiger partial charge in [0.05, 0.1) is 40.4 Å². The molecule has 0 spiro atoms. The van der Waals surface area contributed by atoms with Gasteiger partial charge in [-0.1, -0.05) is 18.1 Å². The van der Waals surface area contributed by atoms with Crippen LogP contribution in [-0.4, -0.2) is 88.3 Å². The number of hydrazine groups is 1. The molecule has 3 fully saturated rings. The van der Waals surface area contributed by atoms with Gasteiger partial charge in [-0.15, -0.1) is 6.42 Å². The van der Waals surface area contributed by atoms with Crippen molar-refractivity contribution in [1.82, 2.24) is 30.7 Å². The van der Waals surface area contributed by atoms with Crippen LogP contribution in [-0.2, 0) is 9.47 Å². The first-order valence-electron chi connectivity index (χ1n) is 18.8. The summed E-state index contributed by atoms with van der Waals surface area (Å²) in [7, 11) is 0. The Balaban J connectivity index is 1.10. The Hall–Kier alpha value is -5.66. The Morgan fingerprint density at radius 3 is 2.75 bits per heavy atom. The smallest absolute Gasteiger partial charge is 0.418 e. The number of phenolic OH excluding ortho intramolecular Hbond substituents is 1. The Kier molecular flexibility index (Phi) is 9.12. The molecule has 11 nitrogen and oxygen atoms in total. The van der Waals surface area contributed by atoms with Gasteiger partial charge in [0.2, 0.25) is 5.88 Å². The van der Waals surface area contributed by atoms with E-state index in [1.165, 1.54) is 24.3 Å². The van der Waals surface area contributed by atoms with E-state index in [1.54, 1.807) is 0 Å². The Labute approximate surface area is 324 Å². The molecule has 0 radical (unpaired) electrons. The van der Waals surface area contributed by atoms with E-state index >= 15 is 8.78 Å². The molecule has 0 aliphatic carbocycles. The van der Waals surface area contributed by atoms with Crippen molar-refractivity contribution >= 4 is 33.1 Å². The second-order valence-electron chi connectivity index (χ2n) is 15.1. The van der Waals surface area contributed by atoms with Gasteiger partial charge in [0, 0.05) is 42.4 Å². The van der Waals surface area contributed by atoms with Crippen LogP contribution in [0.3, 0.4) is 0 Å². The minimum atomic E-state index is -4.52. The summed E-state index contributed by atoms with van der Waals surface area (Å²) >= 11 is 0. The number of hydrogen-bond donors (Lipinski definition) is 3. The summed E-state index contributed by atoms with van der Waals surface area (Å²) in [6, 6.07) is 5.03. The molecular weight excluding hydrogens is 749 g/mol. The van der Waals surface area contributed by atoms with Gasteiger partial charge in [0.1, 0.15) is 41.8 Å². The number of fused-ring (bicyclic) bond motifs is 4. The fraction of sp³-hybridized carbons (Fsp3) is 0.390. The number of benzene rings is 2. The lowest BCUT2D eigenvalue weighted by molar-refractivity contribution is -0.0895. The SMILES string of the molecule is C#Cc1c(F)ccc2cc(O)cc(-c3nc4c5c(nc(OC[C@@]67CCCN6[C@H](COC6=CC(C(F)(F)F)=CNN6)CC7)nc5c3F)N3CCCOC[C@@H]3C=C4C)c12. The van der Waals surface area contributed by atoms with Gasteiger partial charge in [-0.2, -0.15) is 23.1 Å². The lowest BCUT2D eigenvalue weighted by Crippen LogP contribution is -2.48. The molecule has 3 atom stereocenters. The highest BCUT2D eigenvalue weighted by molar-refractivity contribution is 6.05. The van der Waals surface area contributed by atoms with Crippen LogP contribution in [0.5, 0.6) is 11.8 Å². The van der Waals surface area contributed by atoms with E-state index in [4.69, 9.17) is 35.6 Å². The molecule has 0 saturated carbocycles. The van der Waals surface area contributed by atoms with Gasteiger partial charge < -0.3 is 29.6 Å². The number of allylic oxidation sites excluding steroid dienone is 3. The van der Waals surface area contributed by atoms with Crippen molar-refractivity contribution in [2.24, 2.45) is 0 Å². The Morgan fingerprint density at radius 2 is 1.93 bits per heavy atom. The summed E-state index contributed by atoms with van der Waals surface area (Å²) in [4.78, 5) is 18.8. The lowest BCUT2D eigenvalue weighted by atomic mass is 9.95. The first-order chi connectivity index (χ1) is 27.4. The predicted octanol–water partition coefficient (Wildman–Crippen LogP) is 6.61. The van der Waals surface area contributed by atoms with Gasteiger partial charge in [-0.3, -0.25) is 10.3 Å². The number of nitrogens with zero attached hydrogens (tertiary/aromatic N) is 5. The van der Waals surface area contributed by atoms with E-state index < -0.39 is 28.9 Å². The zero-order valence-electron chi connectivity index (χ0n) is 30.8. The van der Waals surface area contributed by atoms with Crippen LogP contribution in [0.2, 0.25) is 0 Å². The summed E-state index contributed by atoms with van der Waals surface area (Å²) in [5, 5.41) is 11.8. The maximum Gasteiger partial charge on any atom is 0.418 e. The number of aromatic hydroxyl groups is 1. The number of hydrogen-bond acceptors (Lipinski definition) is 11. The molecule has 7 heterocycles. The fourth-order valence-electron chi connectivity index (χ4n) is 9.01. The minimum absolute atomic E-state index is 0.0243. The van der Waals surface area contributed by atoms with Crippen molar-refractivity contribution in [2.45, 2.75) is 62.8 Å². The maximum atomic E-state index is 17.3. The number of anilines is 1. The highest BCUT2D eigenvalue weighted by Gasteiger charge is 2.50. The Bertz CT molecular complexity index is 2450. The average Bonchev–Trinajstić information content (AvgIpc) is 3.63. The van der Waals surface area contributed by atoms with E-state index in [1.807, 2.05) is 13.0 Å². The maximum absolute atomic E-state index is 17.3. The van der Waals surface area contributed by atoms with E-state index in [-0.39, 0.29) is 70.7 Å². The summed E-state index contributed by atoms with van der Waals surface area (Å²) in [5.41, 5.74) is 4.67. The summed E-state index contributed by atoms with van der Waals surface area (Å²) in [6.45, 7) is 4.42. The van der Waals surface area contributed by atoms with Crippen molar-refractivity contribution in [2.75, 3.05) is 44.4 Å². The molecule has 3 N–H and O–H groups in total. The third-order valence-electron chi connectivity index (χ3n) is 11.6. The van der Waals surface area contributed by atoms with Gasteiger partial charge in [-0.05, 0) is 74.7 Å². The molecule has 5 aliphatic rings. The molecule has 3 saturated heterocycles. The van der Waals surface area contributed by atoms with Gasteiger partial charge in [-0.25, -0.2) is 13.8 Å². The van der Waals surface area contributed by atoms with Gasteiger partial charge in [0.15, 0.2) is 5.82 Å². The second kappa shape index (κ2) is 14.1. The molecule has 2 aromatic heterocycles. The third-order valence-corrected chi connectivity index (χ3v) is 11.6. The number of terminal acetylenes is 1. The van der Waals surface area contributed by atoms with Crippen molar-refractivity contribution < 1.29 is 41.3 Å². The van der Waals surface area contributed by atoms with E-state index in [0.717, 1.165) is 50.1 Å². The predicted molar refractivity (Wildman–Crippen MR) is 202 cm³/mol. The van der Waals surface area contributed by atoms with Crippen LogP contribution in [0, 0.1) is 24.0 Å². The molecule has 0 bridgehead atoms. The number of rotatable bonds is 7. The van der Waals surface area contributed by atoms with Crippen molar-refractivity contribution in [3.05, 3.63) is 77.0 Å². The first-order valence-corrected chi connectivity index (χ1v) is 18.8. The second-order valence-corrected chi connectivity index (χ2v) is 15.1. The van der Waals surface area contributed by atoms with Crippen LogP contribution >= 0.6 is 0 Å². The summed E-state index contributed by atoms with van der Waals surface area (Å²) in [6.07, 6.45) is 8.85. The topological polar surface area (TPSA) is 117 Å². The van der Waals surface area contributed by atoms with E-state index in [2.05, 4.69) is 26.6 Å². The highest BCUT2D eigenvalue weighted by atomic mass is 19.4. The summed E-state index contributed by atoms with van der Waals surface area (Å²) < 4.78 is 90.6. The summed E-state index contributed by atoms with van der Waals surface area (Å²) in [5.74, 6) is 1.13. The molecule has 5 aliphatic heterocycles. The molecular formula is C41H38F5N7O4. The Morgan fingerprint density at radius 1 is 1.07 bits per heavy atom. The number of halogens is 5. The van der Waals surface area contributed by atoms with Crippen LogP contribution in [0.25, 0.3) is 38.5 Å². The van der Waals surface area contributed by atoms with Crippen LogP contribution < -0.4 is 20.5 Å². The van der Waals surface area contributed by atoms with Crippen LogP contribution in [0.15, 0.2) is 54.1 Å². The monoisotopic (exact) mass is 787 g/mol. The zero-order valence-corrected chi connectivity index (χ0v) is 30.8. The zero-order chi connectivity index (χ0) is 39.6. The number of phenols is 1. The van der Waals surface area contributed by atoms with Gasteiger partial charge >= 0.3 is 12.2 Å². The molecule has 16 heteroatoms. The number of aromatic nitrogens is 3. The van der Waals surface area contributed by atoms with Crippen molar-refractivity contribution in [3.8, 4) is 35.4 Å². The molecule has 2 aromatic carbocycles. The molecule has 296 valence electrons. The molecule has 9 rings (SSSR count). The lowest BCUT2D eigenvalue weighted by Gasteiger charge is -2.35. The van der Waals surface area contributed by atoms with Gasteiger partial charge in [0.25, 0.3) is 0 Å². The highest BCUT2D eigenvalue weighted by Crippen LogP contribution is 2.45. The van der Waals surface area contributed by atoms with Crippen LogP contribution in [0.4, 0.5) is 27.8 Å². The fourth-order valence-corrected chi connectivity index (χ4v) is 9.01. The molecule has 57 heavy (non-hydrogen) atoms. The minimum Gasteiger partial charge on any atom is -0.508 e. The van der Waals surface area contributed by atoms with Crippen LogP contribution in [0.1, 0.15) is 50.3 Å². The normalized spacial score (nSPS) is 23.3. The molecule has 0 amide bonds. The third kappa shape index (κ3) is 6.42. The van der Waals surface area contributed by atoms with Crippen molar-refractivity contribution in [3.63, 3.8) is 0 Å². The number of alkyl halides is 3. The quantitative estimate of drug-likeness (QED) is 0.139. The van der Waals surface area contributed by atoms with E-state index in [9.17, 15) is 18.3 Å². The molecule has 0 unspecified atom stereocenters. The molecule has 4 aromatic rings. The first kappa shape index (κ1) is 36.9. The number of nitrogens with one attached hydrogen (secondary N) is 2. The average molecular weight is 788 g/mol. The largest absolute Gasteiger partial charge is 0.508 e. The van der Waals surface area contributed by atoms with E-state index in [0.29, 0.717) is 48.5 Å². The van der Waals surface area contributed by atoms with Crippen molar-refractivity contribution in [1.29, 1.82) is 0 Å². The number of pyridine rings is 1. The standard InChI is InChI=1S/C41H38F5N7O4/c1-3-28-30(42)7-6-23-15-27(54)17-29(32(23)28)36-34(43)37-33-35(48-36)22(2)14-26-19-55-13-5-11-52(26)38(33)50-39(49-37)57-21-40-9-4-12-53(40)25(8-10-40)20-56-31-16-24(18-47-51-31)41(44,45)46/h1,6-7,14-18,25-26,47,51,54H,4-5,8-13,19-21H2,2H3/t25-,26-,40-/m0/s1.